The number of hydrogen-bond donors (Lipinski definition) is 3. The average molecular weight is 425 g/mol. The summed E-state index contributed by atoms with van der Waals surface area (Å²) in [5, 5.41) is 7.16. The largest absolute Gasteiger partial charge is 0.399 e. The van der Waals surface area contributed by atoms with Crippen LogP contribution in [0.1, 0.15) is 35.3 Å². The number of nitrogens with zero attached hydrogens (tertiary/aromatic N) is 3. The summed E-state index contributed by atoms with van der Waals surface area (Å²) in [5.41, 5.74) is 19.7. The van der Waals surface area contributed by atoms with E-state index in [9.17, 15) is 4.79 Å². The van der Waals surface area contributed by atoms with Crippen LogP contribution in [-0.2, 0) is 0 Å². The molecule has 2 aromatic carbocycles. The van der Waals surface area contributed by atoms with E-state index in [0.717, 1.165) is 42.8 Å². The zero-order chi connectivity index (χ0) is 21.3. The molecule has 156 valence electrons. The molecule has 0 spiro atoms. The maximum absolute atomic E-state index is 13.1. The van der Waals surface area contributed by atoms with Crippen molar-refractivity contribution in [2.45, 2.75) is 26.2 Å². The summed E-state index contributed by atoms with van der Waals surface area (Å²) in [6.07, 6.45) is 3.34. The third-order valence-electron chi connectivity index (χ3n) is 5.35. The fourth-order valence-corrected chi connectivity index (χ4v) is 3.97. The Morgan fingerprint density at radius 2 is 1.77 bits per heavy atom. The monoisotopic (exact) mass is 424 g/mol. The summed E-state index contributed by atoms with van der Waals surface area (Å²) in [6, 6.07) is 12.7. The van der Waals surface area contributed by atoms with Gasteiger partial charge in [0.25, 0.3) is 5.91 Å². The number of nitrogen functional groups attached to an aromatic ring is 2. The molecule has 1 aromatic heterocycles. The van der Waals surface area contributed by atoms with Crippen molar-refractivity contribution in [3.63, 3.8) is 0 Å². The van der Waals surface area contributed by atoms with E-state index in [-0.39, 0.29) is 5.91 Å². The summed E-state index contributed by atoms with van der Waals surface area (Å²) < 4.78 is 1.71. The number of hydrogen-bond acceptors (Lipinski definition) is 5. The minimum atomic E-state index is -0.225. The van der Waals surface area contributed by atoms with Crippen molar-refractivity contribution in [2.75, 3.05) is 24.6 Å². The van der Waals surface area contributed by atoms with Crippen LogP contribution in [0.2, 0.25) is 5.02 Å². The predicted molar refractivity (Wildman–Crippen MR) is 120 cm³/mol. The lowest BCUT2D eigenvalue weighted by Gasteiger charge is -2.26. The van der Waals surface area contributed by atoms with Gasteiger partial charge in [-0.15, -0.1) is 0 Å². The first kappa shape index (κ1) is 20.3. The molecule has 1 amide bonds. The third-order valence-corrected chi connectivity index (χ3v) is 5.59. The number of carbonyl (C=O) groups excluding carboxylic acids is 1. The van der Waals surface area contributed by atoms with E-state index in [1.54, 1.807) is 22.9 Å². The van der Waals surface area contributed by atoms with Gasteiger partial charge in [-0.3, -0.25) is 10.2 Å². The van der Waals surface area contributed by atoms with Gasteiger partial charge in [0.15, 0.2) is 5.69 Å². The van der Waals surface area contributed by atoms with Crippen LogP contribution in [0.3, 0.4) is 0 Å². The van der Waals surface area contributed by atoms with Crippen LogP contribution in [0.4, 0.5) is 11.4 Å². The molecular formula is C22H25ClN6O. The van der Waals surface area contributed by atoms with Gasteiger partial charge in [-0.2, -0.15) is 5.10 Å². The molecule has 0 aliphatic carbocycles. The molecule has 1 aliphatic heterocycles. The average Bonchev–Trinajstić information content (AvgIpc) is 3.06. The predicted octanol–water partition coefficient (Wildman–Crippen LogP) is 3.80. The van der Waals surface area contributed by atoms with Gasteiger partial charge in [-0.1, -0.05) is 30.2 Å². The lowest BCUT2D eigenvalue weighted by Crippen LogP contribution is -2.45. The fourth-order valence-electron chi connectivity index (χ4n) is 3.79. The van der Waals surface area contributed by atoms with Crippen molar-refractivity contribution in [3.05, 3.63) is 58.7 Å². The van der Waals surface area contributed by atoms with Crippen LogP contribution in [-0.4, -0.2) is 33.8 Å². The van der Waals surface area contributed by atoms with E-state index in [0.29, 0.717) is 27.8 Å². The van der Waals surface area contributed by atoms with Crippen molar-refractivity contribution in [1.29, 1.82) is 0 Å². The third kappa shape index (κ3) is 3.99. The molecule has 1 saturated heterocycles. The van der Waals surface area contributed by atoms with Crippen molar-refractivity contribution in [1.82, 2.24) is 20.2 Å². The number of anilines is 2. The Bertz CT molecular complexity index is 1070. The standard InChI is InChI=1S/C22H25ClN6O/c1-14-20(22(30)27-28-11-3-2-4-12-28)26-29(19-10-7-16(23)13-18(19)25)21(14)15-5-8-17(24)9-6-15/h5-10,13H,2-4,11-12,24-25H2,1H3,(H,27,30). The lowest BCUT2D eigenvalue weighted by molar-refractivity contribution is 0.0743. The molecule has 4 rings (SSSR count). The molecule has 2 heterocycles. The van der Waals surface area contributed by atoms with Crippen molar-refractivity contribution in [2.24, 2.45) is 0 Å². The number of nitrogens with one attached hydrogen (secondary N) is 1. The first-order chi connectivity index (χ1) is 14.4. The number of hydrazine groups is 1. The van der Waals surface area contributed by atoms with Crippen LogP contribution < -0.4 is 16.9 Å². The van der Waals surface area contributed by atoms with Gasteiger partial charge in [0, 0.05) is 34.9 Å². The Labute approximate surface area is 180 Å². The molecule has 7 nitrogen and oxygen atoms in total. The van der Waals surface area contributed by atoms with Gasteiger partial charge < -0.3 is 11.5 Å². The number of halogens is 1. The van der Waals surface area contributed by atoms with E-state index >= 15 is 0 Å². The second kappa shape index (κ2) is 8.38. The van der Waals surface area contributed by atoms with Crippen LogP contribution in [0, 0.1) is 6.92 Å². The fraction of sp³-hybridized carbons (Fsp3) is 0.273. The highest BCUT2D eigenvalue weighted by Crippen LogP contribution is 2.32. The highest BCUT2D eigenvalue weighted by atomic mass is 35.5. The molecule has 1 fully saturated rings. The van der Waals surface area contributed by atoms with Crippen LogP contribution in [0.15, 0.2) is 42.5 Å². The van der Waals surface area contributed by atoms with E-state index in [2.05, 4.69) is 10.5 Å². The highest BCUT2D eigenvalue weighted by molar-refractivity contribution is 6.30. The minimum Gasteiger partial charge on any atom is -0.399 e. The smallest absolute Gasteiger partial charge is 0.286 e. The molecule has 0 saturated carbocycles. The van der Waals surface area contributed by atoms with Crippen molar-refractivity contribution >= 4 is 28.9 Å². The van der Waals surface area contributed by atoms with E-state index in [1.165, 1.54) is 6.42 Å². The number of piperidine rings is 1. The maximum Gasteiger partial charge on any atom is 0.286 e. The number of carbonyl (C=O) groups is 1. The zero-order valence-electron chi connectivity index (χ0n) is 16.9. The Kier molecular flexibility index (Phi) is 5.65. The summed E-state index contributed by atoms with van der Waals surface area (Å²) in [5.74, 6) is -0.225. The van der Waals surface area contributed by atoms with E-state index in [4.69, 9.17) is 23.1 Å². The number of amides is 1. The Hall–Kier alpha value is -3.03. The SMILES string of the molecule is Cc1c(C(=O)NN2CCCCC2)nn(-c2ccc(Cl)cc2N)c1-c1ccc(N)cc1. The zero-order valence-corrected chi connectivity index (χ0v) is 17.6. The molecule has 0 radical (unpaired) electrons. The number of benzene rings is 2. The minimum absolute atomic E-state index is 0.225. The molecule has 3 aromatic rings. The Morgan fingerprint density at radius 3 is 2.43 bits per heavy atom. The summed E-state index contributed by atoms with van der Waals surface area (Å²) in [6.45, 7) is 3.59. The molecule has 0 unspecified atom stereocenters. The molecule has 8 heteroatoms. The van der Waals surface area contributed by atoms with Gasteiger partial charge in [0.05, 0.1) is 17.1 Å². The van der Waals surface area contributed by atoms with Gasteiger partial charge in [-0.05, 0) is 50.1 Å². The molecule has 5 N–H and O–H groups in total. The second-order valence-corrected chi connectivity index (χ2v) is 7.98. The van der Waals surface area contributed by atoms with Gasteiger partial charge in [0.1, 0.15) is 0 Å². The van der Waals surface area contributed by atoms with Crippen LogP contribution in [0.5, 0.6) is 0 Å². The number of aromatic nitrogens is 2. The molecule has 30 heavy (non-hydrogen) atoms. The lowest BCUT2D eigenvalue weighted by atomic mass is 10.1. The second-order valence-electron chi connectivity index (χ2n) is 7.55. The van der Waals surface area contributed by atoms with Crippen LogP contribution in [0.25, 0.3) is 16.9 Å². The molecule has 1 aliphatic rings. The Morgan fingerprint density at radius 1 is 1.07 bits per heavy atom. The first-order valence-electron chi connectivity index (χ1n) is 10.0. The number of nitrogens with two attached hydrogens (primary N) is 2. The molecule has 0 atom stereocenters. The maximum atomic E-state index is 13.1. The summed E-state index contributed by atoms with van der Waals surface area (Å²) in [4.78, 5) is 13.1. The quantitative estimate of drug-likeness (QED) is 0.553. The Balaban J connectivity index is 1.80. The van der Waals surface area contributed by atoms with Crippen LogP contribution >= 0.6 is 11.6 Å². The van der Waals surface area contributed by atoms with E-state index < -0.39 is 0 Å². The first-order valence-corrected chi connectivity index (χ1v) is 10.4. The summed E-state index contributed by atoms with van der Waals surface area (Å²) in [7, 11) is 0. The highest BCUT2D eigenvalue weighted by Gasteiger charge is 2.24. The van der Waals surface area contributed by atoms with Crippen molar-refractivity contribution in [3.8, 4) is 16.9 Å². The molecular weight excluding hydrogens is 400 g/mol. The number of rotatable bonds is 4. The molecule has 0 bridgehead atoms. The summed E-state index contributed by atoms with van der Waals surface area (Å²) >= 11 is 6.08. The normalized spacial score (nSPS) is 14.6. The van der Waals surface area contributed by atoms with Crippen molar-refractivity contribution < 1.29 is 4.79 Å². The van der Waals surface area contributed by atoms with E-state index in [1.807, 2.05) is 36.2 Å². The van der Waals surface area contributed by atoms with Gasteiger partial charge >= 0.3 is 0 Å². The topological polar surface area (TPSA) is 102 Å². The van der Waals surface area contributed by atoms with Gasteiger partial charge in [0.2, 0.25) is 0 Å². The van der Waals surface area contributed by atoms with Gasteiger partial charge in [-0.25, -0.2) is 9.69 Å².